The van der Waals surface area contributed by atoms with Crippen LogP contribution < -0.4 is 9.80 Å². The third kappa shape index (κ3) is 3.37. The van der Waals surface area contributed by atoms with Gasteiger partial charge in [0.15, 0.2) is 0 Å². The molecule has 1 amide bonds. The molecule has 3 aromatic rings. The molecule has 2 heterocycles. The number of ether oxygens (including phenoxy) is 1. The molecule has 0 N–H and O–H groups in total. The van der Waals surface area contributed by atoms with Crippen LogP contribution in [0.3, 0.4) is 0 Å². The van der Waals surface area contributed by atoms with E-state index in [9.17, 15) is 4.79 Å². The van der Waals surface area contributed by atoms with Crippen LogP contribution >= 0.6 is 0 Å². The monoisotopic (exact) mass is 404 g/mol. The molecule has 0 bridgehead atoms. The van der Waals surface area contributed by atoms with E-state index in [0.717, 1.165) is 22.5 Å². The van der Waals surface area contributed by atoms with Gasteiger partial charge in [0.2, 0.25) is 5.95 Å². The zero-order valence-electron chi connectivity index (χ0n) is 18.0. The first-order valence-corrected chi connectivity index (χ1v) is 10.2. The molecule has 0 saturated heterocycles. The third-order valence-electron chi connectivity index (χ3n) is 5.77. The molecule has 1 aliphatic rings. The fourth-order valence-electron chi connectivity index (χ4n) is 4.16. The van der Waals surface area contributed by atoms with Gasteiger partial charge in [-0.2, -0.15) is 0 Å². The maximum atomic E-state index is 13.6. The fourth-order valence-corrected chi connectivity index (χ4v) is 4.16. The first-order chi connectivity index (χ1) is 14.5. The topological polar surface area (TPSA) is 50.6 Å². The molecule has 0 spiro atoms. The van der Waals surface area contributed by atoms with E-state index in [-0.39, 0.29) is 5.91 Å². The summed E-state index contributed by atoms with van der Waals surface area (Å²) in [6.45, 7) is 2.96. The number of benzene rings is 2. The number of aromatic nitrogens is 2. The van der Waals surface area contributed by atoms with Gasteiger partial charge in [-0.3, -0.25) is 14.3 Å². The number of hydrogen-bond donors (Lipinski definition) is 0. The van der Waals surface area contributed by atoms with E-state index in [4.69, 9.17) is 4.74 Å². The predicted octanol–water partition coefficient (Wildman–Crippen LogP) is 3.57. The minimum absolute atomic E-state index is 0.0534. The molecule has 156 valence electrons. The van der Waals surface area contributed by atoms with Gasteiger partial charge in [0.05, 0.1) is 25.0 Å². The summed E-state index contributed by atoms with van der Waals surface area (Å²) in [5.41, 5.74) is 3.48. The summed E-state index contributed by atoms with van der Waals surface area (Å²) in [5, 5.41) is 0. The van der Waals surface area contributed by atoms with Crippen LogP contribution in [-0.4, -0.2) is 49.8 Å². The van der Waals surface area contributed by atoms with Crippen molar-refractivity contribution in [3.63, 3.8) is 0 Å². The number of amides is 1. The smallest absolute Gasteiger partial charge is 0.255 e. The number of anilines is 2. The van der Waals surface area contributed by atoms with Gasteiger partial charge in [-0.25, -0.2) is 4.98 Å². The number of fused-ring (bicyclic) bond motifs is 1. The first-order valence-electron chi connectivity index (χ1n) is 10.2. The van der Waals surface area contributed by atoms with Crippen molar-refractivity contribution >= 4 is 17.5 Å². The normalized spacial score (nSPS) is 18.0. The van der Waals surface area contributed by atoms with Gasteiger partial charge in [0, 0.05) is 33.3 Å². The minimum Gasteiger partial charge on any atom is -0.383 e. The Labute approximate surface area is 177 Å². The first kappa shape index (κ1) is 20.2. The highest BCUT2D eigenvalue weighted by Crippen LogP contribution is 2.41. The third-order valence-corrected chi connectivity index (χ3v) is 5.77. The Kier molecular flexibility index (Phi) is 5.35. The van der Waals surface area contributed by atoms with E-state index in [1.165, 1.54) is 0 Å². The lowest BCUT2D eigenvalue weighted by Crippen LogP contribution is -2.43. The molecular weight excluding hydrogens is 376 g/mol. The number of nitrogens with zero attached hydrogens (tertiary/aromatic N) is 4. The average molecular weight is 405 g/mol. The Hall–Kier alpha value is -3.12. The zero-order chi connectivity index (χ0) is 21.3. The van der Waals surface area contributed by atoms with Gasteiger partial charge in [0.25, 0.3) is 5.91 Å². The van der Waals surface area contributed by atoms with Crippen molar-refractivity contribution in [3.8, 4) is 11.3 Å². The second kappa shape index (κ2) is 7.95. The Morgan fingerprint density at radius 3 is 2.40 bits per heavy atom. The van der Waals surface area contributed by atoms with E-state index in [2.05, 4.69) is 50.8 Å². The fraction of sp³-hybridized carbons (Fsp3) is 0.333. The lowest BCUT2D eigenvalue weighted by Gasteiger charge is -2.27. The number of rotatable bonds is 7. The van der Waals surface area contributed by atoms with Crippen LogP contribution in [0.25, 0.3) is 11.3 Å². The van der Waals surface area contributed by atoms with Gasteiger partial charge < -0.3 is 9.64 Å². The van der Waals surface area contributed by atoms with Crippen LogP contribution in [-0.2, 0) is 21.5 Å². The van der Waals surface area contributed by atoms with Crippen molar-refractivity contribution in [2.24, 2.45) is 0 Å². The molecule has 0 fully saturated rings. The van der Waals surface area contributed by atoms with E-state index in [1.54, 1.807) is 12.0 Å². The van der Waals surface area contributed by atoms with Gasteiger partial charge in [-0.15, -0.1) is 0 Å². The van der Waals surface area contributed by atoms with Crippen molar-refractivity contribution < 1.29 is 9.53 Å². The Morgan fingerprint density at radius 2 is 1.77 bits per heavy atom. The number of hydrogen-bond acceptors (Lipinski definition) is 4. The maximum Gasteiger partial charge on any atom is 0.255 e. The van der Waals surface area contributed by atoms with Crippen molar-refractivity contribution in [2.45, 2.75) is 18.9 Å². The highest BCUT2D eigenvalue weighted by molar-refractivity contribution is 6.02. The maximum absolute atomic E-state index is 13.6. The summed E-state index contributed by atoms with van der Waals surface area (Å²) in [6, 6.07) is 18.5. The molecule has 6 nitrogen and oxygen atoms in total. The number of methoxy groups -OCH3 is 1. The van der Waals surface area contributed by atoms with Crippen LogP contribution in [0.4, 0.5) is 11.6 Å². The molecular formula is C24H28N4O2. The van der Waals surface area contributed by atoms with Crippen molar-refractivity contribution in [2.75, 3.05) is 44.2 Å². The van der Waals surface area contributed by atoms with Crippen LogP contribution in [0, 0.1) is 0 Å². The van der Waals surface area contributed by atoms with Gasteiger partial charge in [-0.1, -0.05) is 42.5 Å². The molecule has 30 heavy (non-hydrogen) atoms. The summed E-state index contributed by atoms with van der Waals surface area (Å²) in [7, 11) is 5.69. The SMILES string of the molecule is COCCN1C(=O)C(C)(Cc2ccccc2)n2c(-c3ccc(N(C)C)cc3)cnc21. The van der Waals surface area contributed by atoms with Gasteiger partial charge in [-0.05, 0) is 30.2 Å². The van der Waals surface area contributed by atoms with E-state index >= 15 is 0 Å². The van der Waals surface area contributed by atoms with Gasteiger partial charge >= 0.3 is 0 Å². The summed E-state index contributed by atoms with van der Waals surface area (Å²) < 4.78 is 7.34. The van der Waals surface area contributed by atoms with Crippen molar-refractivity contribution in [3.05, 3.63) is 66.4 Å². The molecule has 2 aromatic carbocycles. The van der Waals surface area contributed by atoms with Crippen LogP contribution in [0.5, 0.6) is 0 Å². The zero-order valence-corrected chi connectivity index (χ0v) is 18.0. The number of carbonyl (C=O) groups is 1. The molecule has 6 heteroatoms. The Balaban J connectivity index is 1.80. The minimum atomic E-state index is -0.753. The molecule has 1 unspecified atom stereocenters. The molecule has 0 saturated carbocycles. The molecule has 0 radical (unpaired) electrons. The average Bonchev–Trinajstić information content (AvgIpc) is 3.27. The van der Waals surface area contributed by atoms with E-state index in [0.29, 0.717) is 25.5 Å². The number of imidazole rings is 1. The van der Waals surface area contributed by atoms with E-state index < -0.39 is 5.54 Å². The van der Waals surface area contributed by atoms with Crippen LogP contribution in [0.2, 0.25) is 0 Å². The second-order valence-electron chi connectivity index (χ2n) is 8.11. The van der Waals surface area contributed by atoms with Crippen LogP contribution in [0.15, 0.2) is 60.8 Å². The Bertz CT molecular complexity index is 1030. The quantitative estimate of drug-likeness (QED) is 0.604. The highest BCUT2D eigenvalue weighted by atomic mass is 16.5. The van der Waals surface area contributed by atoms with Crippen molar-refractivity contribution in [1.29, 1.82) is 0 Å². The summed E-state index contributed by atoms with van der Waals surface area (Å²) in [5.74, 6) is 0.736. The summed E-state index contributed by atoms with van der Waals surface area (Å²) in [4.78, 5) is 22.1. The largest absolute Gasteiger partial charge is 0.383 e. The molecule has 1 atom stereocenters. The molecule has 1 aromatic heterocycles. The summed E-state index contributed by atoms with van der Waals surface area (Å²) >= 11 is 0. The van der Waals surface area contributed by atoms with Crippen LogP contribution in [0.1, 0.15) is 12.5 Å². The van der Waals surface area contributed by atoms with E-state index in [1.807, 2.05) is 45.4 Å². The lowest BCUT2D eigenvalue weighted by atomic mass is 9.91. The van der Waals surface area contributed by atoms with Gasteiger partial charge in [0.1, 0.15) is 5.54 Å². The predicted molar refractivity (Wildman–Crippen MR) is 120 cm³/mol. The molecule has 1 aliphatic heterocycles. The van der Waals surface area contributed by atoms with Crippen molar-refractivity contribution in [1.82, 2.24) is 9.55 Å². The standard InChI is InChI=1S/C24H28N4O2/c1-24(16-18-8-6-5-7-9-18)22(29)27(14-15-30-4)23-25-17-21(28(23)24)19-10-12-20(13-11-19)26(2)3/h5-13,17H,14-16H2,1-4H3. The second-order valence-corrected chi connectivity index (χ2v) is 8.11. The summed E-state index contributed by atoms with van der Waals surface area (Å²) in [6.07, 6.45) is 2.47. The molecule has 4 rings (SSSR count). The molecule has 0 aliphatic carbocycles. The lowest BCUT2D eigenvalue weighted by molar-refractivity contribution is -0.124. The Morgan fingerprint density at radius 1 is 1.07 bits per heavy atom. The number of carbonyl (C=O) groups excluding carboxylic acids is 1. The highest BCUT2D eigenvalue weighted by Gasteiger charge is 2.49.